The molecule has 2 N–H and O–H groups in total. The predicted octanol–water partition coefficient (Wildman–Crippen LogP) is 1.57. The SMILES string of the molecule is CCNC1N=C(Cl)C=C(Cl)C1(C#N)NCC. The van der Waals surface area contributed by atoms with Crippen molar-refractivity contribution in [3.8, 4) is 6.07 Å². The monoisotopic (exact) mass is 260 g/mol. The van der Waals surface area contributed by atoms with E-state index in [0.29, 0.717) is 23.3 Å². The molecule has 0 saturated heterocycles. The molecule has 1 heterocycles. The molecule has 0 amide bonds. The molecule has 0 aromatic carbocycles. The normalized spacial score (nSPS) is 29.3. The average Bonchev–Trinajstić information content (AvgIpc) is 2.24. The van der Waals surface area contributed by atoms with E-state index in [-0.39, 0.29) is 0 Å². The van der Waals surface area contributed by atoms with Crippen LogP contribution < -0.4 is 10.6 Å². The van der Waals surface area contributed by atoms with Crippen LogP contribution in [-0.4, -0.2) is 30.0 Å². The summed E-state index contributed by atoms with van der Waals surface area (Å²) in [5.74, 6) is 0. The van der Waals surface area contributed by atoms with E-state index in [0.717, 1.165) is 0 Å². The van der Waals surface area contributed by atoms with Gasteiger partial charge in [-0.1, -0.05) is 37.0 Å². The van der Waals surface area contributed by atoms with Gasteiger partial charge < -0.3 is 0 Å². The van der Waals surface area contributed by atoms with Crippen molar-refractivity contribution in [3.63, 3.8) is 0 Å². The molecule has 1 aliphatic heterocycles. The summed E-state index contributed by atoms with van der Waals surface area (Å²) in [7, 11) is 0. The molecule has 2 unspecified atom stereocenters. The van der Waals surface area contributed by atoms with Gasteiger partial charge in [-0.15, -0.1) is 0 Å². The number of hydrogen-bond acceptors (Lipinski definition) is 4. The standard InChI is InChI=1S/C10H14Cl2N4/c1-3-14-9-10(6-13,15-4-2)7(11)5-8(12)16-9/h5,9,14-15H,3-4H2,1-2H3. The molecule has 1 rings (SSSR count). The van der Waals surface area contributed by atoms with Crippen LogP contribution in [0.15, 0.2) is 16.1 Å². The quantitative estimate of drug-likeness (QED) is 0.807. The molecule has 0 aromatic heterocycles. The molecule has 0 aromatic rings. The Morgan fingerprint density at radius 2 is 2.19 bits per heavy atom. The Kier molecular flexibility index (Phi) is 4.75. The summed E-state index contributed by atoms with van der Waals surface area (Å²) in [4.78, 5) is 4.19. The molecule has 0 saturated carbocycles. The second-order valence-corrected chi connectivity index (χ2v) is 4.15. The first kappa shape index (κ1) is 13.5. The Labute approximate surface area is 105 Å². The molecule has 1 aliphatic rings. The van der Waals surface area contributed by atoms with Crippen LogP contribution >= 0.6 is 23.2 Å². The lowest BCUT2D eigenvalue weighted by Gasteiger charge is -2.35. The van der Waals surface area contributed by atoms with Crippen LogP contribution in [0.1, 0.15) is 13.8 Å². The summed E-state index contributed by atoms with van der Waals surface area (Å²) in [6, 6.07) is 2.18. The Balaban J connectivity index is 3.12. The number of halogens is 2. The van der Waals surface area contributed by atoms with Crippen molar-refractivity contribution < 1.29 is 0 Å². The summed E-state index contributed by atoms with van der Waals surface area (Å²) < 4.78 is 0. The topological polar surface area (TPSA) is 60.2 Å². The van der Waals surface area contributed by atoms with E-state index in [2.05, 4.69) is 21.7 Å². The number of aliphatic imine (C=N–C) groups is 1. The van der Waals surface area contributed by atoms with Gasteiger partial charge in [0.05, 0.1) is 11.1 Å². The van der Waals surface area contributed by atoms with Crippen molar-refractivity contribution in [3.05, 3.63) is 11.1 Å². The molecule has 6 heteroatoms. The molecule has 16 heavy (non-hydrogen) atoms. The molecule has 0 radical (unpaired) electrons. The average molecular weight is 261 g/mol. The van der Waals surface area contributed by atoms with Crippen LogP contribution in [-0.2, 0) is 0 Å². The lowest BCUT2D eigenvalue weighted by atomic mass is 9.94. The second-order valence-electron chi connectivity index (χ2n) is 3.35. The van der Waals surface area contributed by atoms with E-state index < -0.39 is 11.7 Å². The van der Waals surface area contributed by atoms with Crippen molar-refractivity contribution in [2.75, 3.05) is 13.1 Å². The summed E-state index contributed by atoms with van der Waals surface area (Å²) in [5.41, 5.74) is -1.02. The van der Waals surface area contributed by atoms with Gasteiger partial charge in [-0.3, -0.25) is 15.6 Å². The lowest BCUT2D eigenvalue weighted by Crippen LogP contribution is -2.60. The van der Waals surface area contributed by atoms with Crippen molar-refractivity contribution in [1.82, 2.24) is 10.6 Å². The zero-order valence-corrected chi connectivity index (χ0v) is 10.7. The fraction of sp³-hybridized carbons (Fsp3) is 0.600. The number of nitrogens with one attached hydrogen (secondary N) is 2. The molecule has 2 atom stereocenters. The number of allylic oxidation sites excluding steroid dienone is 1. The minimum atomic E-state index is -1.02. The van der Waals surface area contributed by atoms with Crippen molar-refractivity contribution in [1.29, 1.82) is 5.26 Å². The molecule has 88 valence electrons. The Hall–Kier alpha value is -0.600. The molecular weight excluding hydrogens is 247 g/mol. The highest BCUT2D eigenvalue weighted by atomic mass is 35.5. The number of hydrogen-bond donors (Lipinski definition) is 2. The number of rotatable bonds is 4. The van der Waals surface area contributed by atoms with E-state index in [9.17, 15) is 5.26 Å². The van der Waals surface area contributed by atoms with Gasteiger partial charge in [0, 0.05) is 0 Å². The summed E-state index contributed by atoms with van der Waals surface area (Å²) in [6.07, 6.45) is 1.04. The zero-order valence-electron chi connectivity index (χ0n) is 9.22. The minimum absolute atomic E-state index is 0.305. The third-order valence-corrected chi connectivity index (χ3v) is 2.93. The van der Waals surface area contributed by atoms with Gasteiger partial charge >= 0.3 is 0 Å². The predicted molar refractivity (Wildman–Crippen MR) is 66.7 cm³/mol. The highest BCUT2D eigenvalue weighted by molar-refractivity contribution is 6.69. The lowest BCUT2D eigenvalue weighted by molar-refractivity contribution is 0.362. The molecule has 0 spiro atoms. The van der Waals surface area contributed by atoms with Gasteiger partial charge in [-0.05, 0) is 19.2 Å². The van der Waals surface area contributed by atoms with Crippen LogP contribution in [0.5, 0.6) is 0 Å². The van der Waals surface area contributed by atoms with Crippen LogP contribution in [0.4, 0.5) is 0 Å². The zero-order chi connectivity index (χ0) is 12.2. The van der Waals surface area contributed by atoms with Gasteiger partial charge in [-0.25, -0.2) is 0 Å². The van der Waals surface area contributed by atoms with Crippen LogP contribution in [0.25, 0.3) is 0 Å². The third-order valence-electron chi connectivity index (χ3n) is 2.31. The first-order valence-electron chi connectivity index (χ1n) is 5.11. The van der Waals surface area contributed by atoms with Crippen molar-refractivity contribution >= 4 is 28.4 Å². The Morgan fingerprint density at radius 1 is 1.50 bits per heavy atom. The first-order chi connectivity index (χ1) is 7.60. The van der Waals surface area contributed by atoms with Gasteiger partial charge in [0.2, 0.25) is 0 Å². The number of nitrogens with zero attached hydrogens (tertiary/aromatic N) is 2. The van der Waals surface area contributed by atoms with Crippen molar-refractivity contribution in [2.24, 2.45) is 4.99 Å². The maximum atomic E-state index is 9.34. The smallest absolute Gasteiger partial charge is 0.178 e. The number of likely N-dealkylation sites (N-methyl/N-ethyl adjacent to an activating group) is 2. The van der Waals surface area contributed by atoms with Gasteiger partial charge in [0.15, 0.2) is 5.54 Å². The fourth-order valence-corrected chi connectivity index (χ4v) is 2.19. The van der Waals surface area contributed by atoms with Gasteiger partial charge in [-0.2, -0.15) is 5.26 Å². The van der Waals surface area contributed by atoms with Crippen LogP contribution in [0.3, 0.4) is 0 Å². The third kappa shape index (κ3) is 2.38. The largest absolute Gasteiger partial charge is 0.293 e. The molecular formula is C10H14Cl2N4. The fourth-order valence-electron chi connectivity index (χ4n) is 1.61. The molecule has 0 bridgehead atoms. The highest BCUT2D eigenvalue weighted by Gasteiger charge is 2.43. The Bertz CT molecular complexity index is 358. The molecule has 0 fully saturated rings. The maximum absolute atomic E-state index is 9.34. The minimum Gasteiger partial charge on any atom is -0.293 e. The molecule has 4 nitrogen and oxygen atoms in total. The summed E-state index contributed by atoms with van der Waals surface area (Å²) >= 11 is 12.0. The van der Waals surface area contributed by atoms with Crippen LogP contribution in [0, 0.1) is 11.3 Å². The summed E-state index contributed by atoms with van der Waals surface area (Å²) in [5, 5.41) is 16.2. The first-order valence-corrected chi connectivity index (χ1v) is 5.87. The van der Waals surface area contributed by atoms with E-state index in [1.54, 1.807) is 0 Å². The van der Waals surface area contributed by atoms with E-state index in [1.807, 2.05) is 13.8 Å². The Morgan fingerprint density at radius 3 is 2.69 bits per heavy atom. The van der Waals surface area contributed by atoms with E-state index in [4.69, 9.17) is 23.2 Å². The number of dihydropyridines is 1. The van der Waals surface area contributed by atoms with E-state index in [1.165, 1.54) is 6.08 Å². The molecule has 0 aliphatic carbocycles. The van der Waals surface area contributed by atoms with Gasteiger partial charge in [0.25, 0.3) is 0 Å². The van der Waals surface area contributed by atoms with Crippen molar-refractivity contribution in [2.45, 2.75) is 25.6 Å². The second kappa shape index (κ2) is 5.65. The van der Waals surface area contributed by atoms with Crippen LogP contribution in [0.2, 0.25) is 0 Å². The maximum Gasteiger partial charge on any atom is 0.178 e. The van der Waals surface area contributed by atoms with Gasteiger partial charge in [0.1, 0.15) is 11.3 Å². The summed E-state index contributed by atoms with van der Waals surface area (Å²) in [6.45, 7) is 5.14. The number of nitriles is 1. The van der Waals surface area contributed by atoms with E-state index >= 15 is 0 Å². The highest BCUT2D eigenvalue weighted by Crippen LogP contribution is 2.29.